The topological polar surface area (TPSA) is 74.9 Å². The number of aryl methyl sites for hydroxylation is 1. The van der Waals surface area contributed by atoms with Gasteiger partial charge in [0.15, 0.2) is 11.6 Å². The lowest BCUT2D eigenvalue weighted by atomic mass is 10.1. The number of hydrogen-bond acceptors (Lipinski definition) is 5. The van der Waals surface area contributed by atoms with Gasteiger partial charge in [0.25, 0.3) is 0 Å². The third kappa shape index (κ3) is 3.65. The molecule has 2 aromatic rings. The van der Waals surface area contributed by atoms with Crippen molar-refractivity contribution in [2.24, 2.45) is 4.99 Å². The van der Waals surface area contributed by atoms with E-state index >= 15 is 0 Å². The van der Waals surface area contributed by atoms with E-state index in [-0.39, 0.29) is 24.1 Å². The lowest BCUT2D eigenvalue weighted by molar-refractivity contribution is 0.280. The Kier molecular flexibility index (Phi) is 5.28. The Labute approximate surface area is 134 Å². The fourth-order valence-electron chi connectivity index (χ4n) is 2.14. The van der Waals surface area contributed by atoms with E-state index in [1.165, 1.54) is 25.6 Å². The fraction of sp³-hybridized carbons (Fsp3) is 0.294. The molecular formula is C17H19FN2O3. The Bertz CT molecular complexity index is 732. The van der Waals surface area contributed by atoms with Gasteiger partial charge in [-0.15, -0.1) is 0 Å². The minimum atomic E-state index is -0.453. The van der Waals surface area contributed by atoms with Crippen LogP contribution in [0.5, 0.6) is 11.5 Å². The second-order valence-electron chi connectivity index (χ2n) is 5.14. The highest BCUT2D eigenvalue weighted by Gasteiger charge is 2.11. The van der Waals surface area contributed by atoms with E-state index in [2.05, 4.69) is 9.98 Å². The molecule has 0 unspecified atom stereocenters. The van der Waals surface area contributed by atoms with E-state index in [4.69, 9.17) is 4.74 Å². The first-order valence-corrected chi connectivity index (χ1v) is 7.12. The molecule has 0 bridgehead atoms. The van der Waals surface area contributed by atoms with Crippen LogP contribution in [0.2, 0.25) is 0 Å². The summed E-state index contributed by atoms with van der Waals surface area (Å²) in [6, 6.07) is 4.32. The zero-order valence-corrected chi connectivity index (χ0v) is 13.2. The maximum Gasteiger partial charge on any atom is 0.165 e. The first-order valence-electron chi connectivity index (χ1n) is 7.12. The molecule has 6 heteroatoms. The van der Waals surface area contributed by atoms with Crippen LogP contribution in [0.3, 0.4) is 0 Å². The van der Waals surface area contributed by atoms with Gasteiger partial charge in [-0.05, 0) is 31.5 Å². The van der Waals surface area contributed by atoms with Crippen LogP contribution in [0.25, 0.3) is 0 Å². The Morgan fingerprint density at radius 3 is 2.78 bits per heavy atom. The highest BCUT2D eigenvalue weighted by atomic mass is 19.1. The molecule has 23 heavy (non-hydrogen) atoms. The number of aromatic nitrogens is 1. The minimum Gasteiger partial charge on any atom is -0.505 e. The lowest BCUT2D eigenvalue weighted by Gasteiger charge is -2.10. The molecular weight excluding hydrogens is 299 g/mol. The van der Waals surface area contributed by atoms with Gasteiger partial charge in [-0.3, -0.25) is 9.98 Å². The zero-order chi connectivity index (χ0) is 17.0. The van der Waals surface area contributed by atoms with Crippen LogP contribution in [0, 0.1) is 12.7 Å². The molecule has 1 heterocycles. The number of aliphatic hydroxyl groups is 1. The Balaban J connectivity index is 2.30. The number of methoxy groups -OCH3 is 1. The molecule has 5 nitrogen and oxygen atoms in total. The van der Waals surface area contributed by atoms with E-state index in [9.17, 15) is 14.6 Å². The van der Waals surface area contributed by atoms with Crippen LogP contribution in [0.1, 0.15) is 35.3 Å². The molecule has 0 aliphatic carbocycles. The summed E-state index contributed by atoms with van der Waals surface area (Å²) in [6.45, 7) is 3.21. The van der Waals surface area contributed by atoms with Gasteiger partial charge in [0.2, 0.25) is 0 Å². The Hall–Kier alpha value is -2.47. The maximum atomic E-state index is 13.8. The predicted octanol–water partition coefficient (Wildman–Crippen LogP) is 2.92. The zero-order valence-electron chi connectivity index (χ0n) is 13.2. The first-order chi connectivity index (χ1) is 11.0. The standard InChI is InChI=1S/C17H19FN2O3/c1-10(12-4-5-16(23-3)15(18)6-12)20-8-14-13(9-21)7-19-11(2)17(14)22/h4-8,10,21-22H,9H2,1-3H3/t10-/m1/s1. The molecule has 0 aliphatic heterocycles. The summed E-state index contributed by atoms with van der Waals surface area (Å²) >= 11 is 0. The predicted molar refractivity (Wildman–Crippen MR) is 85.5 cm³/mol. The number of benzene rings is 1. The van der Waals surface area contributed by atoms with E-state index in [0.717, 1.165) is 0 Å². The largest absolute Gasteiger partial charge is 0.505 e. The van der Waals surface area contributed by atoms with Crippen molar-refractivity contribution in [3.63, 3.8) is 0 Å². The summed E-state index contributed by atoms with van der Waals surface area (Å²) in [5.74, 6) is -0.297. The van der Waals surface area contributed by atoms with Gasteiger partial charge < -0.3 is 14.9 Å². The third-order valence-corrected chi connectivity index (χ3v) is 3.61. The number of aliphatic imine (C=N–C) groups is 1. The normalized spacial score (nSPS) is 12.6. The summed E-state index contributed by atoms with van der Waals surface area (Å²) in [4.78, 5) is 8.33. The number of nitrogens with zero attached hydrogens (tertiary/aromatic N) is 2. The summed E-state index contributed by atoms with van der Waals surface area (Å²) in [5, 5.41) is 19.4. The SMILES string of the molecule is COc1ccc([C@@H](C)N=Cc2c(CO)cnc(C)c2O)cc1F. The van der Waals surface area contributed by atoms with E-state index in [0.29, 0.717) is 22.4 Å². The van der Waals surface area contributed by atoms with Crippen molar-refractivity contribution in [2.45, 2.75) is 26.5 Å². The quantitative estimate of drug-likeness (QED) is 0.831. The fourth-order valence-corrected chi connectivity index (χ4v) is 2.14. The van der Waals surface area contributed by atoms with Gasteiger partial charge in [-0.25, -0.2) is 4.39 Å². The van der Waals surface area contributed by atoms with Crippen LogP contribution in [0.4, 0.5) is 4.39 Å². The number of pyridine rings is 1. The second-order valence-corrected chi connectivity index (χ2v) is 5.14. The molecule has 1 aromatic heterocycles. The Morgan fingerprint density at radius 2 is 2.17 bits per heavy atom. The summed E-state index contributed by atoms with van der Waals surface area (Å²) in [5.41, 5.74) is 2.02. The van der Waals surface area contributed by atoms with Gasteiger partial charge >= 0.3 is 0 Å². The highest BCUT2D eigenvalue weighted by molar-refractivity contribution is 5.85. The van der Waals surface area contributed by atoms with Gasteiger partial charge in [0.05, 0.1) is 25.5 Å². The molecule has 0 radical (unpaired) electrons. The molecule has 0 saturated heterocycles. The molecule has 122 valence electrons. The van der Waals surface area contributed by atoms with Crippen molar-refractivity contribution in [1.82, 2.24) is 4.98 Å². The third-order valence-electron chi connectivity index (χ3n) is 3.61. The average Bonchev–Trinajstić information content (AvgIpc) is 2.55. The van der Waals surface area contributed by atoms with E-state index < -0.39 is 5.82 Å². The van der Waals surface area contributed by atoms with Crippen molar-refractivity contribution >= 4 is 6.21 Å². The number of ether oxygens (including phenoxy) is 1. The Morgan fingerprint density at radius 1 is 1.43 bits per heavy atom. The van der Waals surface area contributed by atoms with Gasteiger partial charge in [0, 0.05) is 23.5 Å². The maximum absolute atomic E-state index is 13.8. The summed E-state index contributed by atoms with van der Waals surface area (Å²) < 4.78 is 18.6. The van der Waals surface area contributed by atoms with Gasteiger partial charge in [-0.2, -0.15) is 0 Å². The molecule has 1 atom stereocenters. The molecule has 0 spiro atoms. The molecule has 0 amide bonds. The number of hydrogen-bond donors (Lipinski definition) is 2. The number of halogens is 1. The molecule has 0 fully saturated rings. The second kappa shape index (κ2) is 7.19. The van der Waals surface area contributed by atoms with Crippen LogP contribution in [-0.2, 0) is 6.61 Å². The summed E-state index contributed by atoms with van der Waals surface area (Å²) in [6.07, 6.45) is 2.97. The number of aliphatic hydroxyl groups excluding tert-OH is 1. The van der Waals surface area contributed by atoms with Crippen molar-refractivity contribution in [2.75, 3.05) is 7.11 Å². The van der Waals surface area contributed by atoms with Gasteiger partial charge in [0.1, 0.15) is 5.75 Å². The van der Waals surface area contributed by atoms with Crippen LogP contribution >= 0.6 is 0 Å². The van der Waals surface area contributed by atoms with Crippen LogP contribution in [-0.4, -0.2) is 28.5 Å². The van der Waals surface area contributed by atoms with Crippen molar-refractivity contribution in [1.29, 1.82) is 0 Å². The van der Waals surface area contributed by atoms with Gasteiger partial charge in [-0.1, -0.05) is 6.07 Å². The molecule has 0 saturated carbocycles. The van der Waals surface area contributed by atoms with E-state index in [1.807, 2.05) is 6.92 Å². The monoisotopic (exact) mass is 318 g/mol. The number of aromatic hydroxyl groups is 1. The molecule has 1 aromatic carbocycles. The van der Waals surface area contributed by atoms with Crippen molar-refractivity contribution in [3.8, 4) is 11.5 Å². The highest BCUT2D eigenvalue weighted by Crippen LogP contribution is 2.26. The minimum absolute atomic E-state index is 0.0200. The van der Waals surface area contributed by atoms with Crippen LogP contribution < -0.4 is 4.74 Å². The molecule has 2 N–H and O–H groups in total. The molecule has 0 aliphatic rings. The smallest absolute Gasteiger partial charge is 0.165 e. The van der Waals surface area contributed by atoms with E-state index in [1.54, 1.807) is 19.1 Å². The van der Waals surface area contributed by atoms with Crippen LogP contribution in [0.15, 0.2) is 29.4 Å². The first kappa shape index (κ1) is 16.9. The molecule has 2 rings (SSSR count). The summed E-state index contributed by atoms with van der Waals surface area (Å²) in [7, 11) is 1.41. The lowest BCUT2D eigenvalue weighted by Crippen LogP contribution is -1.99. The van der Waals surface area contributed by atoms with Crippen molar-refractivity contribution < 1.29 is 19.3 Å². The number of rotatable bonds is 5. The van der Waals surface area contributed by atoms with Crippen molar-refractivity contribution in [3.05, 3.63) is 52.6 Å². The average molecular weight is 318 g/mol.